The number of hydrogen-bond acceptors (Lipinski definition) is 4. The highest BCUT2D eigenvalue weighted by atomic mass is 16.1. The van der Waals surface area contributed by atoms with Crippen LogP contribution < -0.4 is 16.0 Å². The van der Waals surface area contributed by atoms with Crippen LogP contribution in [0.4, 0.5) is 0 Å². The van der Waals surface area contributed by atoms with Crippen molar-refractivity contribution in [3.8, 4) is 0 Å². The van der Waals surface area contributed by atoms with Crippen molar-refractivity contribution in [2.45, 2.75) is 45.7 Å². The topological polar surface area (TPSA) is 70.2 Å². The van der Waals surface area contributed by atoms with Gasteiger partial charge in [-0.2, -0.15) is 0 Å². The van der Waals surface area contributed by atoms with Crippen LogP contribution in [0.2, 0.25) is 0 Å². The van der Waals surface area contributed by atoms with E-state index >= 15 is 0 Å². The van der Waals surface area contributed by atoms with E-state index in [1.54, 1.807) is 7.05 Å². The summed E-state index contributed by atoms with van der Waals surface area (Å²) < 4.78 is 0. The van der Waals surface area contributed by atoms with Crippen molar-refractivity contribution in [2.75, 3.05) is 20.1 Å². The molecule has 3 N–H and O–H groups in total. The summed E-state index contributed by atoms with van der Waals surface area (Å²) in [7, 11) is 1.73. The van der Waals surface area contributed by atoms with Gasteiger partial charge in [-0.3, -0.25) is 9.59 Å². The number of rotatable bonds is 9. The van der Waals surface area contributed by atoms with Crippen LogP contribution in [0.5, 0.6) is 0 Å². The summed E-state index contributed by atoms with van der Waals surface area (Å²) >= 11 is 0. The Labute approximate surface area is 104 Å². The van der Waals surface area contributed by atoms with Gasteiger partial charge >= 0.3 is 0 Å². The van der Waals surface area contributed by atoms with E-state index < -0.39 is 0 Å². The number of carbonyl (C=O) groups excluding carboxylic acids is 2. The lowest BCUT2D eigenvalue weighted by Gasteiger charge is -2.12. The van der Waals surface area contributed by atoms with Crippen molar-refractivity contribution in [1.29, 1.82) is 0 Å². The van der Waals surface area contributed by atoms with E-state index in [9.17, 15) is 9.59 Å². The number of hydrogen-bond donors (Lipinski definition) is 3. The fraction of sp³-hybridized carbons (Fsp3) is 0.833. The highest BCUT2D eigenvalue weighted by Gasteiger charge is 2.12. The quantitative estimate of drug-likeness (QED) is 0.501. The lowest BCUT2D eigenvalue weighted by molar-refractivity contribution is -0.122. The molecular weight excluding hydrogens is 218 g/mol. The van der Waals surface area contributed by atoms with Gasteiger partial charge in [-0.25, -0.2) is 0 Å². The molecule has 0 aromatic heterocycles. The third kappa shape index (κ3) is 8.83. The van der Waals surface area contributed by atoms with Gasteiger partial charge in [0.2, 0.25) is 5.91 Å². The van der Waals surface area contributed by atoms with E-state index in [-0.39, 0.29) is 17.7 Å². The Balaban J connectivity index is 3.62. The largest absolute Gasteiger partial charge is 0.355 e. The fourth-order valence-electron chi connectivity index (χ4n) is 1.48. The molecule has 0 rings (SSSR count). The molecule has 0 aromatic carbocycles. The predicted octanol–water partition coefficient (Wildman–Crippen LogP) is 0.0578. The molecule has 0 radical (unpaired) electrons. The van der Waals surface area contributed by atoms with Gasteiger partial charge in [0.15, 0.2) is 0 Å². The summed E-state index contributed by atoms with van der Waals surface area (Å²) in [5.74, 6) is 0.0684. The van der Waals surface area contributed by atoms with Gasteiger partial charge in [0.05, 0.1) is 6.04 Å². The van der Waals surface area contributed by atoms with Crippen molar-refractivity contribution in [3.63, 3.8) is 0 Å². The summed E-state index contributed by atoms with van der Waals surface area (Å²) in [4.78, 5) is 22.6. The predicted molar refractivity (Wildman–Crippen MR) is 68.9 cm³/mol. The van der Waals surface area contributed by atoms with Crippen LogP contribution in [-0.4, -0.2) is 43.9 Å². The second-order valence-corrected chi connectivity index (χ2v) is 4.45. The minimum absolute atomic E-state index is 0.00273. The van der Waals surface area contributed by atoms with Crippen LogP contribution in [0.1, 0.15) is 33.6 Å². The highest BCUT2D eigenvalue weighted by Crippen LogP contribution is 1.97. The molecule has 5 heteroatoms. The maximum absolute atomic E-state index is 11.5. The Morgan fingerprint density at radius 1 is 1.18 bits per heavy atom. The molecule has 100 valence electrons. The van der Waals surface area contributed by atoms with Crippen LogP contribution >= 0.6 is 0 Å². The molecule has 17 heavy (non-hydrogen) atoms. The van der Waals surface area contributed by atoms with Crippen molar-refractivity contribution < 1.29 is 9.59 Å². The molecule has 0 spiro atoms. The van der Waals surface area contributed by atoms with E-state index in [0.29, 0.717) is 25.4 Å². The molecule has 0 saturated carbocycles. The van der Waals surface area contributed by atoms with Crippen LogP contribution in [0.3, 0.4) is 0 Å². The lowest BCUT2D eigenvalue weighted by Crippen LogP contribution is -2.37. The minimum atomic E-state index is -0.213. The van der Waals surface area contributed by atoms with Crippen molar-refractivity contribution in [1.82, 2.24) is 16.0 Å². The van der Waals surface area contributed by atoms with Gasteiger partial charge in [-0.15, -0.1) is 0 Å². The molecule has 1 amide bonds. The average Bonchev–Trinajstić information content (AvgIpc) is 2.24. The summed E-state index contributed by atoms with van der Waals surface area (Å²) in [5.41, 5.74) is 0. The van der Waals surface area contributed by atoms with Crippen LogP contribution in [-0.2, 0) is 9.59 Å². The van der Waals surface area contributed by atoms with Crippen molar-refractivity contribution in [2.24, 2.45) is 0 Å². The molecule has 0 saturated heterocycles. The molecular formula is C12H25N3O2. The fourth-order valence-corrected chi connectivity index (χ4v) is 1.48. The van der Waals surface area contributed by atoms with E-state index in [4.69, 9.17) is 0 Å². The summed E-state index contributed by atoms with van der Waals surface area (Å²) in [6.07, 6.45) is 0.933. The zero-order chi connectivity index (χ0) is 13.3. The van der Waals surface area contributed by atoms with Crippen LogP contribution in [0.15, 0.2) is 0 Å². The Bertz CT molecular complexity index is 242. The third-order valence-corrected chi connectivity index (χ3v) is 2.50. The van der Waals surface area contributed by atoms with Crippen molar-refractivity contribution >= 4 is 11.7 Å². The molecule has 0 bridgehead atoms. The van der Waals surface area contributed by atoms with Gasteiger partial charge in [0, 0.05) is 25.6 Å². The van der Waals surface area contributed by atoms with Gasteiger partial charge in [0.25, 0.3) is 0 Å². The molecule has 0 fully saturated rings. The second kappa shape index (κ2) is 9.13. The third-order valence-electron chi connectivity index (χ3n) is 2.50. The van der Waals surface area contributed by atoms with Gasteiger partial charge in [-0.05, 0) is 20.4 Å². The Morgan fingerprint density at radius 2 is 1.82 bits per heavy atom. The van der Waals surface area contributed by atoms with E-state index in [1.165, 1.54) is 6.92 Å². The number of amides is 1. The second-order valence-electron chi connectivity index (χ2n) is 4.45. The standard InChI is InChI=1S/C12H25N3O2/c1-9(2)14-7-8-15-12(17)6-5-11(13-4)10(3)16/h9,11,13-14H,5-8H2,1-4H3,(H,15,17). The summed E-state index contributed by atoms with van der Waals surface area (Å²) in [5, 5.41) is 8.93. The SMILES string of the molecule is CNC(CCC(=O)NCCNC(C)C)C(C)=O. The highest BCUT2D eigenvalue weighted by molar-refractivity contribution is 5.82. The monoisotopic (exact) mass is 243 g/mol. The first-order chi connectivity index (χ1) is 7.97. The van der Waals surface area contributed by atoms with E-state index in [2.05, 4.69) is 29.8 Å². The Hall–Kier alpha value is -0.940. The number of nitrogens with one attached hydrogen (secondary N) is 3. The average molecular weight is 243 g/mol. The minimum Gasteiger partial charge on any atom is -0.355 e. The first-order valence-electron chi connectivity index (χ1n) is 6.15. The molecule has 1 unspecified atom stereocenters. The Morgan fingerprint density at radius 3 is 2.29 bits per heavy atom. The van der Waals surface area contributed by atoms with Gasteiger partial charge in [0.1, 0.15) is 5.78 Å². The smallest absolute Gasteiger partial charge is 0.220 e. The molecule has 0 heterocycles. The van der Waals surface area contributed by atoms with Crippen LogP contribution in [0, 0.1) is 0 Å². The number of Topliss-reactive ketones (excluding diaryl/α,β-unsaturated/α-hetero) is 1. The van der Waals surface area contributed by atoms with Crippen LogP contribution in [0.25, 0.3) is 0 Å². The van der Waals surface area contributed by atoms with Gasteiger partial charge in [-0.1, -0.05) is 13.8 Å². The van der Waals surface area contributed by atoms with E-state index in [1.807, 2.05) is 0 Å². The molecule has 5 nitrogen and oxygen atoms in total. The molecule has 0 aliphatic carbocycles. The maximum atomic E-state index is 11.5. The summed E-state index contributed by atoms with van der Waals surface area (Å²) in [6.45, 7) is 7.05. The number of ketones is 1. The molecule has 1 atom stereocenters. The van der Waals surface area contributed by atoms with Crippen molar-refractivity contribution in [3.05, 3.63) is 0 Å². The molecule has 0 aromatic rings. The first-order valence-corrected chi connectivity index (χ1v) is 6.15. The van der Waals surface area contributed by atoms with E-state index in [0.717, 1.165) is 6.54 Å². The molecule has 0 aliphatic heterocycles. The number of likely N-dealkylation sites (N-methyl/N-ethyl adjacent to an activating group) is 1. The van der Waals surface area contributed by atoms with Gasteiger partial charge < -0.3 is 16.0 Å². The zero-order valence-electron chi connectivity index (χ0n) is 11.3. The summed E-state index contributed by atoms with van der Waals surface area (Å²) in [6, 6.07) is 0.216. The maximum Gasteiger partial charge on any atom is 0.220 e. The zero-order valence-corrected chi connectivity index (χ0v) is 11.3. The number of carbonyl (C=O) groups is 2. The normalized spacial score (nSPS) is 12.5. The Kier molecular flexibility index (Phi) is 8.62. The lowest BCUT2D eigenvalue weighted by atomic mass is 10.1. The molecule has 0 aliphatic rings. The first kappa shape index (κ1) is 16.1.